The number of carbonyl (C=O) groups excluding carboxylic acids is 2. The van der Waals surface area contributed by atoms with Gasteiger partial charge in [0.15, 0.2) is 0 Å². The lowest BCUT2D eigenvalue weighted by atomic mass is 9.98. The second-order valence-electron chi connectivity index (χ2n) is 8.84. The number of hydrogen-bond donors (Lipinski definition) is 3. The van der Waals surface area contributed by atoms with Crippen molar-refractivity contribution in [2.75, 3.05) is 20.3 Å². The van der Waals surface area contributed by atoms with E-state index >= 15 is 0 Å². The first-order valence-electron chi connectivity index (χ1n) is 12.2. The van der Waals surface area contributed by atoms with E-state index in [2.05, 4.69) is 10.6 Å². The van der Waals surface area contributed by atoms with E-state index in [0.717, 1.165) is 33.6 Å². The van der Waals surface area contributed by atoms with Crippen LogP contribution in [0.5, 0.6) is 5.75 Å². The van der Waals surface area contributed by atoms with E-state index in [1.165, 1.54) is 0 Å². The molecule has 0 bridgehead atoms. The highest BCUT2D eigenvalue weighted by Crippen LogP contribution is 2.44. The topological polar surface area (TPSA) is 114 Å². The number of methoxy groups -OCH3 is 1. The van der Waals surface area contributed by atoms with Gasteiger partial charge in [0, 0.05) is 18.9 Å². The van der Waals surface area contributed by atoms with E-state index in [1.54, 1.807) is 7.11 Å². The Morgan fingerprint density at radius 2 is 1.54 bits per heavy atom. The maximum atomic E-state index is 12.8. The zero-order chi connectivity index (χ0) is 26.2. The Labute approximate surface area is 215 Å². The fraction of sp³-hybridized carbons (Fsp3) is 0.276. The van der Waals surface area contributed by atoms with Crippen LogP contribution in [-0.4, -0.2) is 49.4 Å². The van der Waals surface area contributed by atoms with Crippen LogP contribution in [0.15, 0.2) is 72.8 Å². The smallest absolute Gasteiger partial charge is 0.407 e. The van der Waals surface area contributed by atoms with Gasteiger partial charge in [-0.25, -0.2) is 4.79 Å². The molecule has 8 heteroatoms. The van der Waals surface area contributed by atoms with Crippen LogP contribution in [0.1, 0.15) is 35.4 Å². The summed E-state index contributed by atoms with van der Waals surface area (Å²) < 4.78 is 10.7. The lowest BCUT2D eigenvalue weighted by Gasteiger charge is -2.19. The van der Waals surface area contributed by atoms with E-state index in [9.17, 15) is 14.4 Å². The highest BCUT2D eigenvalue weighted by atomic mass is 16.5. The van der Waals surface area contributed by atoms with E-state index in [4.69, 9.17) is 14.6 Å². The van der Waals surface area contributed by atoms with Crippen LogP contribution in [0.4, 0.5) is 4.79 Å². The third-order valence-corrected chi connectivity index (χ3v) is 6.47. The Balaban J connectivity index is 1.34. The second-order valence-corrected chi connectivity index (χ2v) is 8.84. The van der Waals surface area contributed by atoms with Crippen LogP contribution >= 0.6 is 0 Å². The number of carboxylic acid groups (broad SMARTS) is 1. The zero-order valence-electron chi connectivity index (χ0n) is 20.6. The first kappa shape index (κ1) is 25.8. The molecule has 0 unspecified atom stereocenters. The molecule has 2 amide bonds. The fourth-order valence-corrected chi connectivity index (χ4v) is 4.56. The molecular formula is C29H30N2O6. The van der Waals surface area contributed by atoms with Gasteiger partial charge in [-0.2, -0.15) is 0 Å². The largest absolute Gasteiger partial charge is 0.497 e. The van der Waals surface area contributed by atoms with E-state index in [0.29, 0.717) is 13.0 Å². The SMILES string of the molecule is COc1ccc(CCNC(=O)[C@H](CCC(=O)O)NC(=O)OCC2c3ccccc3-c3ccccc32)cc1. The lowest BCUT2D eigenvalue weighted by Crippen LogP contribution is -2.47. The number of alkyl carbamates (subject to hydrolysis) is 1. The number of hydrogen-bond acceptors (Lipinski definition) is 5. The van der Waals surface area contributed by atoms with Crippen molar-refractivity contribution in [2.24, 2.45) is 0 Å². The molecule has 3 aromatic carbocycles. The third-order valence-electron chi connectivity index (χ3n) is 6.47. The van der Waals surface area contributed by atoms with Crippen molar-refractivity contribution in [3.8, 4) is 16.9 Å². The van der Waals surface area contributed by atoms with Crippen molar-refractivity contribution in [1.29, 1.82) is 0 Å². The third kappa shape index (κ3) is 6.46. The summed E-state index contributed by atoms with van der Waals surface area (Å²) in [6.45, 7) is 0.436. The van der Waals surface area contributed by atoms with Gasteiger partial charge in [0.05, 0.1) is 7.11 Å². The van der Waals surface area contributed by atoms with Gasteiger partial charge in [0.2, 0.25) is 5.91 Å². The summed E-state index contributed by atoms with van der Waals surface area (Å²) in [5.41, 5.74) is 5.39. The molecule has 0 spiro atoms. The average Bonchev–Trinajstić information content (AvgIpc) is 3.23. The second kappa shape index (κ2) is 12.1. The standard InChI is InChI=1S/C29H30N2O6/c1-36-20-12-10-19(11-13-20)16-17-30-28(34)26(14-15-27(32)33)31-29(35)37-18-25-23-8-4-2-6-21(23)22-7-3-5-9-24(22)25/h2-13,25-26H,14-18H2,1H3,(H,30,34)(H,31,35)(H,32,33)/t26-/m0/s1. The predicted molar refractivity (Wildman–Crippen MR) is 139 cm³/mol. The zero-order valence-corrected chi connectivity index (χ0v) is 20.6. The molecule has 1 atom stereocenters. The summed E-state index contributed by atoms with van der Waals surface area (Å²) in [6, 6.07) is 22.5. The minimum absolute atomic E-state index is 0.0477. The Bertz CT molecular complexity index is 1210. The molecule has 1 aliphatic rings. The molecule has 4 rings (SSSR count). The Hall–Kier alpha value is -4.33. The lowest BCUT2D eigenvalue weighted by molar-refractivity contribution is -0.137. The number of ether oxygens (including phenoxy) is 2. The van der Waals surface area contributed by atoms with Crippen molar-refractivity contribution in [1.82, 2.24) is 10.6 Å². The van der Waals surface area contributed by atoms with Crippen LogP contribution in [0.25, 0.3) is 11.1 Å². The molecule has 0 aromatic heterocycles. The molecule has 0 radical (unpaired) electrons. The van der Waals surface area contributed by atoms with Gasteiger partial charge in [-0.15, -0.1) is 0 Å². The number of benzene rings is 3. The van der Waals surface area contributed by atoms with Crippen molar-refractivity contribution >= 4 is 18.0 Å². The van der Waals surface area contributed by atoms with Crippen molar-refractivity contribution in [3.63, 3.8) is 0 Å². The van der Waals surface area contributed by atoms with Crippen LogP contribution in [0, 0.1) is 0 Å². The van der Waals surface area contributed by atoms with Crippen molar-refractivity contribution in [3.05, 3.63) is 89.5 Å². The van der Waals surface area contributed by atoms with Gasteiger partial charge in [0.1, 0.15) is 18.4 Å². The molecule has 192 valence electrons. The summed E-state index contributed by atoms with van der Waals surface area (Å²) in [5.74, 6) is -0.878. The maximum absolute atomic E-state index is 12.8. The Kier molecular flexibility index (Phi) is 8.40. The number of amides is 2. The van der Waals surface area contributed by atoms with E-state index in [1.807, 2.05) is 72.8 Å². The highest BCUT2D eigenvalue weighted by Gasteiger charge is 2.30. The van der Waals surface area contributed by atoms with Gasteiger partial charge >= 0.3 is 12.1 Å². The Morgan fingerprint density at radius 1 is 0.919 bits per heavy atom. The fourth-order valence-electron chi connectivity index (χ4n) is 4.56. The predicted octanol–water partition coefficient (Wildman–Crippen LogP) is 4.13. The molecule has 0 aliphatic heterocycles. The Morgan fingerprint density at radius 3 is 2.14 bits per heavy atom. The van der Waals surface area contributed by atoms with Crippen molar-refractivity contribution in [2.45, 2.75) is 31.2 Å². The first-order chi connectivity index (χ1) is 18.0. The van der Waals surface area contributed by atoms with Crippen LogP contribution in [-0.2, 0) is 20.7 Å². The number of carboxylic acids is 1. The van der Waals surface area contributed by atoms with Crippen molar-refractivity contribution < 1.29 is 29.0 Å². The molecule has 8 nitrogen and oxygen atoms in total. The minimum Gasteiger partial charge on any atom is -0.497 e. The molecule has 0 heterocycles. The van der Waals surface area contributed by atoms with Gasteiger partial charge < -0.3 is 25.2 Å². The van der Waals surface area contributed by atoms with E-state index < -0.39 is 24.0 Å². The number of fused-ring (bicyclic) bond motifs is 3. The molecule has 3 N–H and O–H groups in total. The summed E-state index contributed by atoms with van der Waals surface area (Å²) in [5, 5.41) is 14.4. The minimum atomic E-state index is -1.05. The first-order valence-corrected chi connectivity index (χ1v) is 12.2. The monoisotopic (exact) mass is 502 g/mol. The van der Waals surface area contributed by atoms with Crippen LogP contribution < -0.4 is 15.4 Å². The summed E-state index contributed by atoms with van der Waals surface area (Å²) in [4.78, 5) is 36.6. The van der Waals surface area contributed by atoms with Gasteiger partial charge in [0.25, 0.3) is 0 Å². The quantitative estimate of drug-likeness (QED) is 0.363. The van der Waals surface area contributed by atoms with Crippen LogP contribution in [0.3, 0.4) is 0 Å². The summed E-state index contributed by atoms with van der Waals surface area (Å²) in [6.07, 6.45) is -0.497. The summed E-state index contributed by atoms with van der Waals surface area (Å²) >= 11 is 0. The van der Waals surface area contributed by atoms with Gasteiger partial charge in [-0.05, 0) is 52.8 Å². The molecule has 0 fully saturated rings. The highest BCUT2D eigenvalue weighted by molar-refractivity contribution is 5.86. The molecule has 0 saturated carbocycles. The molecular weight excluding hydrogens is 472 g/mol. The number of nitrogens with one attached hydrogen (secondary N) is 2. The maximum Gasteiger partial charge on any atom is 0.407 e. The number of aliphatic carboxylic acids is 1. The normalized spacial score (nSPS) is 12.7. The molecule has 37 heavy (non-hydrogen) atoms. The van der Waals surface area contributed by atoms with Gasteiger partial charge in [-0.1, -0.05) is 60.7 Å². The molecule has 1 aliphatic carbocycles. The number of rotatable bonds is 11. The average molecular weight is 503 g/mol. The van der Waals surface area contributed by atoms with E-state index in [-0.39, 0.29) is 25.4 Å². The molecule has 0 saturated heterocycles. The van der Waals surface area contributed by atoms with Gasteiger partial charge in [-0.3, -0.25) is 9.59 Å². The number of carbonyl (C=O) groups is 3. The van der Waals surface area contributed by atoms with Crippen LogP contribution in [0.2, 0.25) is 0 Å². The molecule has 3 aromatic rings. The summed E-state index contributed by atoms with van der Waals surface area (Å²) in [7, 11) is 1.59.